The number of aromatic hydroxyl groups is 1. The number of nitrogens with one attached hydrogen (secondary N) is 4. The van der Waals surface area contributed by atoms with E-state index < -0.39 is 65.5 Å². The highest BCUT2D eigenvalue weighted by atomic mass is 32.1. The molecule has 0 saturated heterocycles. The number of hydrogen-bond acceptors (Lipinski definition) is 13. The van der Waals surface area contributed by atoms with Crippen molar-refractivity contribution in [1.82, 2.24) is 30.7 Å². The number of carbonyl (C=O) groups excluding carboxylic acids is 6. The summed E-state index contributed by atoms with van der Waals surface area (Å²) in [6.45, 7) is 14.3. The summed E-state index contributed by atoms with van der Waals surface area (Å²) in [5, 5.41) is 33.4. The molecule has 0 radical (unpaired) electrons. The molecule has 0 unspecified atom stereocenters. The Bertz CT molecular complexity index is 2180. The number of nitrogens with zero attached hydrogens (tertiary/aromatic N) is 3. The maximum atomic E-state index is 14.2. The third kappa shape index (κ3) is 17.2. The van der Waals surface area contributed by atoms with E-state index >= 15 is 0 Å². The number of anilines is 1. The molecule has 0 bridgehead atoms. The van der Waals surface area contributed by atoms with Crippen LogP contribution in [0.5, 0.6) is 5.75 Å². The van der Waals surface area contributed by atoms with E-state index in [9.17, 15) is 43.8 Å². The number of aliphatic carboxylic acids is 1. The summed E-state index contributed by atoms with van der Waals surface area (Å²) in [7, 11) is 5.25. The smallest absolute Gasteiger partial charge is 0.407 e. The zero-order valence-corrected chi connectivity index (χ0v) is 42.0. The number of phenolic OH excluding ortho intramolecular Hbond substituents is 1. The minimum atomic E-state index is -1.07. The highest BCUT2D eigenvalue weighted by Crippen LogP contribution is 2.32. The second kappa shape index (κ2) is 26.5. The minimum absolute atomic E-state index is 0.00122. The van der Waals surface area contributed by atoms with Gasteiger partial charge in [-0.15, -0.1) is 11.3 Å². The topological polar surface area (TPSA) is 246 Å². The van der Waals surface area contributed by atoms with Crippen molar-refractivity contribution in [2.75, 3.05) is 33.0 Å². The molecule has 0 spiro atoms. The third-order valence-electron chi connectivity index (χ3n) is 12.1. The minimum Gasteiger partial charge on any atom is -0.506 e. The summed E-state index contributed by atoms with van der Waals surface area (Å²) in [6.07, 6.45) is -0.343. The van der Waals surface area contributed by atoms with Crippen LogP contribution in [0, 0.1) is 17.8 Å². The lowest BCUT2D eigenvalue weighted by molar-refractivity contribution is -0.149. The van der Waals surface area contributed by atoms with Crippen LogP contribution in [0.25, 0.3) is 0 Å². The second-order valence-corrected chi connectivity index (χ2v) is 19.2. The molecule has 19 heteroatoms. The number of benzene rings is 2. The van der Waals surface area contributed by atoms with Gasteiger partial charge in [-0.1, -0.05) is 77.4 Å². The molecule has 68 heavy (non-hydrogen) atoms. The van der Waals surface area contributed by atoms with Gasteiger partial charge >= 0.3 is 18.0 Å². The van der Waals surface area contributed by atoms with Gasteiger partial charge in [0.1, 0.15) is 29.1 Å². The first-order valence-corrected chi connectivity index (χ1v) is 23.8. The summed E-state index contributed by atoms with van der Waals surface area (Å²) >= 11 is 1.10. The largest absolute Gasteiger partial charge is 0.506 e. The number of esters is 1. The highest BCUT2D eigenvalue weighted by Gasteiger charge is 2.39. The van der Waals surface area contributed by atoms with Gasteiger partial charge in [-0.25, -0.2) is 9.78 Å². The SMILES string of the molecule is CC[C@H](C)[C@H](NC(=O)C(C)(C)N(C)C)C(=O)N(C)[C@H](C[C@@H](OC(C)=O)c1nc(C(=O)N[C@@H](Cc2ccc(O)c(NC(=O)CCCNC(=O)OCc3ccccc3)c2)C[C@H](C)C(=O)O)cs1)C(C)C. The number of amides is 5. The summed E-state index contributed by atoms with van der Waals surface area (Å²) in [6, 6.07) is 11.7. The monoisotopic (exact) mass is 965 g/mol. The molecule has 374 valence electrons. The van der Waals surface area contributed by atoms with Crippen LogP contribution in [0.4, 0.5) is 10.5 Å². The van der Waals surface area contributed by atoms with E-state index in [-0.39, 0.29) is 79.6 Å². The van der Waals surface area contributed by atoms with Crippen molar-refractivity contribution in [2.24, 2.45) is 17.8 Å². The van der Waals surface area contributed by atoms with Crippen LogP contribution < -0.4 is 21.3 Å². The van der Waals surface area contributed by atoms with E-state index in [1.165, 1.54) is 31.4 Å². The lowest BCUT2D eigenvalue weighted by Crippen LogP contribution is -2.60. The zero-order chi connectivity index (χ0) is 50.9. The molecule has 2 aromatic carbocycles. The molecule has 0 saturated carbocycles. The second-order valence-electron chi connectivity index (χ2n) is 18.3. The Morgan fingerprint density at radius 2 is 1.59 bits per heavy atom. The molecule has 18 nitrogen and oxygen atoms in total. The van der Waals surface area contributed by atoms with E-state index in [0.29, 0.717) is 23.4 Å². The van der Waals surface area contributed by atoms with Gasteiger partial charge < -0.3 is 45.9 Å². The van der Waals surface area contributed by atoms with Gasteiger partial charge in [-0.05, 0) is 82.3 Å². The van der Waals surface area contributed by atoms with Crippen LogP contribution in [0.3, 0.4) is 0 Å². The van der Waals surface area contributed by atoms with Crippen LogP contribution in [-0.2, 0) is 46.5 Å². The average molecular weight is 966 g/mol. The van der Waals surface area contributed by atoms with Gasteiger partial charge in [0, 0.05) is 50.8 Å². The Balaban J connectivity index is 1.74. The van der Waals surface area contributed by atoms with Gasteiger partial charge in [0.2, 0.25) is 17.7 Å². The standard InChI is InChI=1S/C49H71N7O11S/c1-12-30(4)42(54-47(64)49(7,8)55(9)10)45(61)56(11)38(29(2)3)26-40(67-32(6)57)44-53-37(28-68-44)43(60)51-35(23-31(5)46(62)63)24-34-20-21-39(58)36(25-34)52-41(59)19-16-22-50-48(65)66-27-33-17-14-13-15-18-33/h13-15,17-18,20-21,25,28-31,35,38,40,42,58H,12,16,19,22-24,26-27H2,1-11H3,(H,50,65)(H,51,60)(H,52,59)(H,54,64)(H,62,63)/t30-,31-,35+,38+,40+,42-/m0/s1. The van der Waals surface area contributed by atoms with Gasteiger partial charge in [-0.2, -0.15) is 0 Å². The first-order chi connectivity index (χ1) is 31.9. The summed E-state index contributed by atoms with van der Waals surface area (Å²) in [5.74, 6) is -4.68. The lowest BCUT2D eigenvalue weighted by atomic mass is 9.92. The average Bonchev–Trinajstić information content (AvgIpc) is 3.79. The molecule has 1 aromatic heterocycles. The number of aromatic nitrogens is 1. The zero-order valence-electron chi connectivity index (χ0n) is 41.2. The van der Waals surface area contributed by atoms with Crippen LogP contribution in [0.2, 0.25) is 0 Å². The number of rotatable bonds is 26. The Morgan fingerprint density at radius 3 is 2.19 bits per heavy atom. The van der Waals surface area contributed by atoms with E-state index in [4.69, 9.17) is 9.47 Å². The van der Waals surface area contributed by atoms with Crippen molar-refractivity contribution in [3.8, 4) is 5.75 Å². The molecule has 5 amide bonds. The molecule has 0 aliphatic carbocycles. The van der Waals surface area contributed by atoms with Crippen LogP contribution in [-0.4, -0.2) is 118 Å². The first-order valence-electron chi connectivity index (χ1n) is 22.9. The molecule has 0 aliphatic rings. The first kappa shape index (κ1) is 56.2. The number of alkyl carbamates (subject to hydrolysis) is 1. The maximum Gasteiger partial charge on any atom is 0.407 e. The van der Waals surface area contributed by atoms with E-state index in [0.717, 1.165) is 16.9 Å². The van der Waals surface area contributed by atoms with Crippen molar-refractivity contribution >= 4 is 58.7 Å². The Morgan fingerprint density at radius 1 is 0.912 bits per heavy atom. The van der Waals surface area contributed by atoms with Crippen LogP contribution in [0.15, 0.2) is 53.9 Å². The summed E-state index contributed by atoms with van der Waals surface area (Å²) in [5.41, 5.74) is 0.640. The van der Waals surface area contributed by atoms with E-state index in [1.54, 1.807) is 50.9 Å². The van der Waals surface area contributed by atoms with Crippen LogP contribution >= 0.6 is 11.3 Å². The van der Waals surface area contributed by atoms with Crippen LogP contribution in [0.1, 0.15) is 120 Å². The molecular formula is C49H71N7O11S. The van der Waals surface area contributed by atoms with Gasteiger partial charge in [0.15, 0.2) is 6.10 Å². The fourth-order valence-corrected chi connectivity index (χ4v) is 7.96. The molecule has 3 rings (SSSR count). The highest BCUT2D eigenvalue weighted by molar-refractivity contribution is 7.09. The fraction of sp³-hybridized carbons (Fsp3) is 0.551. The number of carboxylic acids is 1. The fourth-order valence-electron chi connectivity index (χ4n) is 7.12. The summed E-state index contributed by atoms with van der Waals surface area (Å²) < 4.78 is 11.0. The van der Waals surface area contributed by atoms with Crippen molar-refractivity contribution in [1.29, 1.82) is 0 Å². The number of thiazole rings is 1. The van der Waals surface area contributed by atoms with Crippen molar-refractivity contribution in [3.63, 3.8) is 0 Å². The van der Waals surface area contributed by atoms with Gasteiger partial charge in [0.25, 0.3) is 5.91 Å². The predicted octanol–water partition coefficient (Wildman–Crippen LogP) is 6.29. The number of ether oxygens (including phenoxy) is 2. The number of phenols is 1. The molecule has 1 heterocycles. The number of carbonyl (C=O) groups is 7. The normalized spacial score (nSPS) is 14.1. The Kier molecular flexibility index (Phi) is 21.9. The lowest BCUT2D eigenvalue weighted by Gasteiger charge is -2.38. The van der Waals surface area contributed by atoms with E-state index in [2.05, 4.69) is 26.3 Å². The Hall–Kier alpha value is -6.08. The summed E-state index contributed by atoms with van der Waals surface area (Å²) in [4.78, 5) is 98.8. The predicted molar refractivity (Wildman–Crippen MR) is 259 cm³/mol. The number of hydrogen-bond donors (Lipinski definition) is 6. The third-order valence-corrected chi connectivity index (χ3v) is 13.1. The molecule has 6 atom stereocenters. The Labute approximate surface area is 403 Å². The van der Waals surface area contributed by atoms with Crippen molar-refractivity contribution < 1.29 is 53.2 Å². The van der Waals surface area contributed by atoms with Crippen molar-refractivity contribution in [3.05, 3.63) is 75.7 Å². The molecule has 0 aliphatic heterocycles. The number of likely N-dealkylation sites (N-methyl/N-ethyl adjacent to an activating group) is 2. The molecular weight excluding hydrogens is 895 g/mol. The van der Waals surface area contributed by atoms with Gasteiger partial charge in [-0.3, -0.25) is 33.7 Å². The molecule has 6 N–H and O–H groups in total. The quantitative estimate of drug-likeness (QED) is 0.0295. The van der Waals surface area contributed by atoms with Crippen molar-refractivity contribution in [2.45, 2.75) is 130 Å². The number of carboxylic acid groups (broad SMARTS) is 1. The van der Waals surface area contributed by atoms with Gasteiger partial charge in [0.05, 0.1) is 17.1 Å². The molecule has 0 fully saturated rings. The molecule has 3 aromatic rings. The maximum absolute atomic E-state index is 14.2. The van der Waals surface area contributed by atoms with E-state index in [1.807, 2.05) is 58.0 Å².